The molecule has 3 heteroatoms. The van der Waals surface area contributed by atoms with Crippen LogP contribution >= 0.6 is 7.14 Å². The normalized spacial score (nSPS) is 11.5. The molecular formula is C45H33O2P. The van der Waals surface area contributed by atoms with Gasteiger partial charge in [0.25, 0.3) is 0 Å². The predicted molar refractivity (Wildman–Crippen MR) is 202 cm³/mol. The van der Waals surface area contributed by atoms with Gasteiger partial charge in [0.05, 0.1) is 0 Å². The van der Waals surface area contributed by atoms with Crippen LogP contribution in [0, 0.1) is 0 Å². The van der Waals surface area contributed by atoms with E-state index in [0.717, 1.165) is 71.0 Å². The maximum atomic E-state index is 16.2. The van der Waals surface area contributed by atoms with Crippen LogP contribution in [0.25, 0.3) is 43.8 Å². The number of ether oxygens (including phenoxy) is 1. The Morgan fingerprint density at radius 3 is 1.58 bits per heavy atom. The standard InChI is InChI=1S/C45H33O2P/c46-48(37-23-9-3-10-24-37,38-25-11-4-12-26-38)42-30-29-35-21-13-15-27-39(35)43(42)44-40-28-16-14-22-36(40)31-41(34-19-7-2-8-20-34)45(44)47-32-33-17-5-1-6-18-33/h1-31H,32H2. The summed E-state index contributed by atoms with van der Waals surface area (Å²) in [6.45, 7) is 0.390. The van der Waals surface area contributed by atoms with E-state index < -0.39 is 7.14 Å². The summed E-state index contributed by atoms with van der Waals surface area (Å²) >= 11 is 0. The topological polar surface area (TPSA) is 26.3 Å². The third kappa shape index (κ3) is 5.31. The molecule has 8 aromatic rings. The third-order valence-corrected chi connectivity index (χ3v) is 12.2. The average Bonchev–Trinajstić information content (AvgIpc) is 3.17. The van der Waals surface area contributed by atoms with Crippen LogP contribution in [-0.4, -0.2) is 0 Å². The van der Waals surface area contributed by atoms with Gasteiger partial charge >= 0.3 is 0 Å². The maximum Gasteiger partial charge on any atom is 0.171 e. The average molecular weight is 637 g/mol. The molecule has 0 fully saturated rings. The maximum absolute atomic E-state index is 16.2. The molecule has 0 aromatic heterocycles. The summed E-state index contributed by atoms with van der Waals surface area (Å²) in [5.74, 6) is 0.772. The summed E-state index contributed by atoms with van der Waals surface area (Å²) in [6, 6.07) is 63.9. The fourth-order valence-corrected chi connectivity index (χ4v) is 9.65. The minimum atomic E-state index is -3.40. The monoisotopic (exact) mass is 636 g/mol. The summed E-state index contributed by atoms with van der Waals surface area (Å²) in [6.07, 6.45) is 0. The molecule has 8 aromatic carbocycles. The minimum Gasteiger partial charge on any atom is -0.488 e. The van der Waals surface area contributed by atoms with E-state index in [1.165, 1.54) is 0 Å². The molecule has 230 valence electrons. The van der Waals surface area contributed by atoms with Gasteiger partial charge < -0.3 is 9.30 Å². The van der Waals surface area contributed by atoms with Crippen LogP contribution in [0.3, 0.4) is 0 Å². The highest BCUT2D eigenvalue weighted by molar-refractivity contribution is 7.85. The van der Waals surface area contributed by atoms with Crippen molar-refractivity contribution in [1.29, 1.82) is 0 Å². The Balaban J connectivity index is 1.53. The fraction of sp³-hybridized carbons (Fsp3) is 0.0222. The molecule has 0 aliphatic rings. The molecular weight excluding hydrogens is 603 g/mol. The lowest BCUT2D eigenvalue weighted by Crippen LogP contribution is -2.26. The van der Waals surface area contributed by atoms with Crippen molar-refractivity contribution < 1.29 is 9.30 Å². The Labute approximate surface area is 281 Å². The van der Waals surface area contributed by atoms with Gasteiger partial charge in [-0.3, -0.25) is 0 Å². The molecule has 0 spiro atoms. The summed E-state index contributed by atoms with van der Waals surface area (Å²) < 4.78 is 23.2. The molecule has 0 radical (unpaired) electrons. The van der Waals surface area contributed by atoms with Gasteiger partial charge in [-0.25, -0.2) is 0 Å². The molecule has 0 N–H and O–H groups in total. The number of hydrogen-bond donors (Lipinski definition) is 0. The van der Waals surface area contributed by atoms with E-state index in [1.807, 2.05) is 84.9 Å². The van der Waals surface area contributed by atoms with Gasteiger partial charge in [-0.2, -0.15) is 0 Å². The molecule has 0 bridgehead atoms. The number of fused-ring (bicyclic) bond motifs is 2. The zero-order valence-corrected chi connectivity index (χ0v) is 27.3. The van der Waals surface area contributed by atoms with Gasteiger partial charge in [-0.05, 0) is 44.8 Å². The molecule has 0 atom stereocenters. The molecule has 0 unspecified atom stereocenters. The first-order valence-electron chi connectivity index (χ1n) is 16.2. The Morgan fingerprint density at radius 1 is 0.458 bits per heavy atom. The molecule has 0 saturated heterocycles. The smallest absolute Gasteiger partial charge is 0.171 e. The summed E-state index contributed by atoms with van der Waals surface area (Å²) in [5.41, 5.74) is 5.01. The Morgan fingerprint density at radius 2 is 0.958 bits per heavy atom. The fourth-order valence-electron chi connectivity index (χ4n) is 6.78. The van der Waals surface area contributed by atoms with Gasteiger partial charge in [0, 0.05) is 32.6 Å². The quantitative estimate of drug-likeness (QED) is 0.155. The van der Waals surface area contributed by atoms with Crippen LogP contribution in [0.4, 0.5) is 0 Å². The molecule has 0 amide bonds. The zero-order chi connectivity index (χ0) is 32.3. The molecule has 0 saturated carbocycles. The van der Waals surface area contributed by atoms with E-state index in [-0.39, 0.29) is 0 Å². The molecule has 0 heterocycles. The first-order chi connectivity index (χ1) is 23.7. The third-order valence-electron chi connectivity index (χ3n) is 9.05. The Hall–Kier alpha value is -5.69. The summed E-state index contributed by atoms with van der Waals surface area (Å²) in [5, 5.41) is 6.62. The summed E-state index contributed by atoms with van der Waals surface area (Å²) in [4.78, 5) is 0. The van der Waals surface area contributed by atoms with Crippen molar-refractivity contribution in [3.05, 3.63) is 194 Å². The molecule has 0 aliphatic heterocycles. The first-order valence-corrected chi connectivity index (χ1v) is 17.9. The second-order valence-corrected chi connectivity index (χ2v) is 14.7. The lowest BCUT2D eigenvalue weighted by molar-refractivity contribution is 0.309. The zero-order valence-electron chi connectivity index (χ0n) is 26.4. The Bertz CT molecular complexity index is 2360. The van der Waals surface area contributed by atoms with Gasteiger partial charge in [-0.1, -0.05) is 176 Å². The van der Waals surface area contributed by atoms with Crippen LogP contribution in [0.15, 0.2) is 188 Å². The SMILES string of the molecule is O=P(c1ccccc1)(c1ccccc1)c1ccc2ccccc2c1-c1c(OCc2ccccc2)c(-c2ccccc2)cc2ccccc12. The summed E-state index contributed by atoms with van der Waals surface area (Å²) in [7, 11) is -3.40. The van der Waals surface area contributed by atoms with E-state index in [9.17, 15) is 0 Å². The van der Waals surface area contributed by atoms with Crippen LogP contribution in [0.5, 0.6) is 5.75 Å². The second kappa shape index (κ2) is 12.8. The van der Waals surface area contributed by atoms with Crippen molar-refractivity contribution in [2.24, 2.45) is 0 Å². The Kier molecular flexibility index (Phi) is 7.94. The molecule has 48 heavy (non-hydrogen) atoms. The molecule has 8 rings (SSSR count). The van der Waals surface area contributed by atoms with E-state index in [2.05, 4.69) is 103 Å². The lowest BCUT2D eigenvalue weighted by Gasteiger charge is -2.27. The van der Waals surface area contributed by atoms with Crippen LogP contribution in [0.2, 0.25) is 0 Å². The number of benzene rings is 8. The van der Waals surface area contributed by atoms with Crippen LogP contribution in [-0.2, 0) is 11.2 Å². The van der Waals surface area contributed by atoms with Crippen molar-refractivity contribution in [2.75, 3.05) is 0 Å². The van der Waals surface area contributed by atoms with Crippen molar-refractivity contribution in [1.82, 2.24) is 0 Å². The molecule has 2 nitrogen and oxygen atoms in total. The van der Waals surface area contributed by atoms with E-state index in [0.29, 0.717) is 6.61 Å². The van der Waals surface area contributed by atoms with Gasteiger partial charge in [0.1, 0.15) is 12.4 Å². The largest absolute Gasteiger partial charge is 0.488 e. The van der Waals surface area contributed by atoms with Crippen LogP contribution < -0.4 is 20.7 Å². The highest BCUT2D eigenvalue weighted by atomic mass is 31.2. The number of rotatable bonds is 8. The first kappa shape index (κ1) is 29.7. The van der Waals surface area contributed by atoms with E-state index in [1.54, 1.807) is 0 Å². The number of hydrogen-bond acceptors (Lipinski definition) is 2. The lowest BCUT2D eigenvalue weighted by atomic mass is 9.89. The highest BCUT2D eigenvalue weighted by Gasteiger charge is 2.34. The van der Waals surface area contributed by atoms with Gasteiger partial charge in [0.2, 0.25) is 0 Å². The predicted octanol–water partition coefficient (Wildman–Crippen LogP) is 10.5. The van der Waals surface area contributed by atoms with Gasteiger partial charge in [-0.15, -0.1) is 0 Å². The molecule has 0 aliphatic carbocycles. The minimum absolute atomic E-state index is 0.390. The van der Waals surface area contributed by atoms with Crippen molar-refractivity contribution in [3.8, 4) is 28.0 Å². The van der Waals surface area contributed by atoms with E-state index in [4.69, 9.17) is 4.74 Å². The van der Waals surface area contributed by atoms with Crippen molar-refractivity contribution in [2.45, 2.75) is 6.61 Å². The van der Waals surface area contributed by atoms with Crippen molar-refractivity contribution >= 4 is 44.6 Å². The van der Waals surface area contributed by atoms with Crippen molar-refractivity contribution in [3.63, 3.8) is 0 Å². The second-order valence-electron chi connectivity index (χ2n) is 12.0. The van der Waals surface area contributed by atoms with Gasteiger partial charge in [0.15, 0.2) is 7.14 Å². The van der Waals surface area contributed by atoms with Crippen LogP contribution in [0.1, 0.15) is 5.56 Å². The highest BCUT2D eigenvalue weighted by Crippen LogP contribution is 2.52. The van der Waals surface area contributed by atoms with E-state index >= 15 is 4.57 Å².